The zero-order valence-corrected chi connectivity index (χ0v) is 13.0. The van der Waals surface area contributed by atoms with E-state index in [1.807, 2.05) is 0 Å². The number of likely N-dealkylation sites (tertiary alicyclic amines) is 1. The van der Waals surface area contributed by atoms with E-state index < -0.39 is 6.29 Å². The van der Waals surface area contributed by atoms with Gasteiger partial charge >= 0.3 is 6.29 Å². The van der Waals surface area contributed by atoms with Crippen molar-refractivity contribution < 1.29 is 18.3 Å². The quantitative estimate of drug-likeness (QED) is 0.930. The van der Waals surface area contributed by atoms with E-state index in [9.17, 15) is 8.78 Å². The van der Waals surface area contributed by atoms with Gasteiger partial charge in [0.2, 0.25) is 0 Å². The molecular weight excluding hydrogens is 324 g/mol. The fraction of sp³-hybridized carbons (Fsp3) is 0.400. The molecule has 1 unspecified atom stereocenters. The minimum Gasteiger partial charge on any atom is -0.395 e. The molecule has 2 aliphatic rings. The molecule has 0 bridgehead atoms. The summed E-state index contributed by atoms with van der Waals surface area (Å²) in [5.74, 6) is 0.163. The summed E-state index contributed by atoms with van der Waals surface area (Å²) in [6.07, 6.45) is 0.234. The van der Waals surface area contributed by atoms with Crippen LogP contribution in [-0.4, -0.2) is 29.3 Å². The SMILES string of the molecule is Nc1ncc(C(c2cccc3c2OC(F)(F)O3)N2CCCC2)s1. The Morgan fingerprint density at radius 1 is 1.26 bits per heavy atom. The van der Waals surface area contributed by atoms with Crippen LogP contribution in [0.25, 0.3) is 0 Å². The lowest BCUT2D eigenvalue weighted by atomic mass is 10.0. The third-order valence-corrected chi connectivity index (χ3v) is 4.95. The molecule has 0 saturated carbocycles. The molecule has 23 heavy (non-hydrogen) atoms. The number of para-hydroxylation sites is 1. The van der Waals surface area contributed by atoms with Gasteiger partial charge in [-0.2, -0.15) is 0 Å². The van der Waals surface area contributed by atoms with Gasteiger partial charge < -0.3 is 15.2 Å². The van der Waals surface area contributed by atoms with E-state index in [0.717, 1.165) is 30.8 Å². The van der Waals surface area contributed by atoms with Crippen molar-refractivity contribution in [2.75, 3.05) is 18.8 Å². The molecule has 1 saturated heterocycles. The van der Waals surface area contributed by atoms with Gasteiger partial charge in [0, 0.05) is 16.6 Å². The van der Waals surface area contributed by atoms with E-state index in [1.54, 1.807) is 18.3 Å². The first-order valence-corrected chi connectivity index (χ1v) is 8.19. The zero-order valence-electron chi connectivity index (χ0n) is 12.2. The summed E-state index contributed by atoms with van der Waals surface area (Å²) in [6, 6.07) is 4.77. The Kier molecular flexibility index (Phi) is 3.38. The number of halogens is 2. The number of alkyl halides is 2. The van der Waals surface area contributed by atoms with Gasteiger partial charge in [0.15, 0.2) is 16.6 Å². The minimum absolute atomic E-state index is 0.0641. The molecule has 8 heteroatoms. The maximum atomic E-state index is 13.5. The van der Waals surface area contributed by atoms with Crippen molar-refractivity contribution in [2.45, 2.75) is 25.2 Å². The molecule has 1 fully saturated rings. The van der Waals surface area contributed by atoms with Gasteiger partial charge in [0.25, 0.3) is 0 Å². The molecule has 1 aromatic carbocycles. The fourth-order valence-corrected chi connectivity index (χ4v) is 4.00. The Balaban J connectivity index is 1.80. The van der Waals surface area contributed by atoms with E-state index in [1.165, 1.54) is 17.4 Å². The standard InChI is InChI=1S/C15H15F2N3O2S/c16-15(17)21-10-5-3-4-9(13(10)22-15)12(20-6-1-2-7-20)11-8-19-14(18)23-11/h3-5,8,12H,1-2,6-7H2,(H2,18,19). The van der Waals surface area contributed by atoms with Crippen LogP contribution < -0.4 is 15.2 Å². The van der Waals surface area contributed by atoms with Crippen LogP contribution in [-0.2, 0) is 0 Å². The van der Waals surface area contributed by atoms with Crippen LogP contribution in [0.2, 0.25) is 0 Å². The summed E-state index contributed by atoms with van der Waals surface area (Å²) in [6.45, 7) is 1.78. The Labute approximate surface area is 135 Å². The van der Waals surface area contributed by atoms with Crippen LogP contribution >= 0.6 is 11.3 Å². The molecule has 0 radical (unpaired) electrons. The van der Waals surface area contributed by atoms with E-state index in [2.05, 4.69) is 14.6 Å². The Morgan fingerprint density at radius 3 is 2.74 bits per heavy atom. The van der Waals surface area contributed by atoms with Gasteiger partial charge in [-0.05, 0) is 32.0 Å². The van der Waals surface area contributed by atoms with Crippen molar-refractivity contribution in [1.29, 1.82) is 0 Å². The average Bonchev–Trinajstić information content (AvgIpc) is 3.19. The molecule has 5 nitrogen and oxygen atoms in total. The second-order valence-corrected chi connectivity index (χ2v) is 6.68. The first kappa shape index (κ1) is 14.6. The van der Waals surface area contributed by atoms with Crippen LogP contribution in [0.3, 0.4) is 0 Å². The minimum atomic E-state index is -3.62. The van der Waals surface area contributed by atoms with Crippen molar-refractivity contribution in [2.24, 2.45) is 0 Å². The summed E-state index contributed by atoms with van der Waals surface area (Å²) in [7, 11) is 0. The number of ether oxygens (including phenoxy) is 2. The highest BCUT2D eigenvalue weighted by Crippen LogP contribution is 2.48. The smallest absolute Gasteiger partial charge is 0.395 e. The van der Waals surface area contributed by atoms with Crippen LogP contribution in [0.15, 0.2) is 24.4 Å². The summed E-state index contributed by atoms with van der Waals surface area (Å²) < 4.78 is 36.3. The van der Waals surface area contributed by atoms with Crippen molar-refractivity contribution in [3.8, 4) is 11.5 Å². The lowest BCUT2D eigenvalue weighted by Crippen LogP contribution is -2.28. The normalized spacial score (nSPS) is 20.8. The summed E-state index contributed by atoms with van der Waals surface area (Å²) >= 11 is 1.36. The van der Waals surface area contributed by atoms with Crippen LogP contribution in [0.5, 0.6) is 11.5 Å². The maximum absolute atomic E-state index is 13.5. The zero-order chi connectivity index (χ0) is 16.0. The van der Waals surface area contributed by atoms with E-state index in [4.69, 9.17) is 10.5 Å². The number of benzene rings is 1. The van der Waals surface area contributed by atoms with Crippen molar-refractivity contribution in [3.63, 3.8) is 0 Å². The second-order valence-electron chi connectivity index (χ2n) is 5.59. The van der Waals surface area contributed by atoms with Gasteiger partial charge in [-0.15, -0.1) is 20.1 Å². The molecule has 2 aromatic rings. The van der Waals surface area contributed by atoms with Crippen molar-refractivity contribution in [3.05, 3.63) is 34.8 Å². The first-order chi connectivity index (χ1) is 11.0. The second kappa shape index (κ2) is 5.31. The van der Waals surface area contributed by atoms with Crippen LogP contribution in [0.4, 0.5) is 13.9 Å². The van der Waals surface area contributed by atoms with Crippen LogP contribution in [0.1, 0.15) is 29.3 Å². The molecule has 1 atom stereocenters. The number of nitrogens with two attached hydrogens (primary N) is 1. The predicted molar refractivity (Wildman–Crippen MR) is 81.8 cm³/mol. The average molecular weight is 339 g/mol. The summed E-state index contributed by atoms with van der Waals surface area (Å²) in [4.78, 5) is 7.26. The predicted octanol–water partition coefficient (Wildman–Crippen LogP) is 3.23. The molecule has 3 heterocycles. The molecule has 0 amide bonds. The molecule has 122 valence electrons. The molecule has 0 spiro atoms. The monoisotopic (exact) mass is 339 g/mol. The Bertz CT molecular complexity index is 731. The molecule has 2 aliphatic heterocycles. The third kappa shape index (κ3) is 2.61. The number of fused-ring (bicyclic) bond motifs is 1. The number of rotatable bonds is 3. The number of anilines is 1. The number of hydrogen-bond donors (Lipinski definition) is 1. The topological polar surface area (TPSA) is 60.6 Å². The van der Waals surface area contributed by atoms with E-state index in [-0.39, 0.29) is 17.5 Å². The first-order valence-electron chi connectivity index (χ1n) is 7.37. The summed E-state index contributed by atoms with van der Waals surface area (Å²) in [5.41, 5.74) is 6.42. The molecule has 0 aliphatic carbocycles. The molecular formula is C15H15F2N3O2S. The summed E-state index contributed by atoms with van der Waals surface area (Å²) in [5, 5.41) is 0.458. The van der Waals surface area contributed by atoms with E-state index in [0.29, 0.717) is 10.7 Å². The van der Waals surface area contributed by atoms with E-state index >= 15 is 0 Å². The third-order valence-electron chi connectivity index (χ3n) is 4.07. The number of thiazole rings is 1. The highest BCUT2D eigenvalue weighted by molar-refractivity contribution is 7.15. The number of hydrogen-bond acceptors (Lipinski definition) is 6. The van der Waals surface area contributed by atoms with Gasteiger partial charge in [0.05, 0.1) is 6.04 Å². The Morgan fingerprint density at radius 2 is 2.04 bits per heavy atom. The van der Waals surface area contributed by atoms with Gasteiger partial charge in [0.1, 0.15) is 0 Å². The number of nitrogens with zero attached hydrogens (tertiary/aromatic N) is 2. The van der Waals surface area contributed by atoms with Crippen molar-refractivity contribution in [1.82, 2.24) is 9.88 Å². The van der Waals surface area contributed by atoms with Crippen molar-refractivity contribution >= 4 is 16.5 Å². The van der Waals surface area contributed by atoms with Gasteiger partial charge in [-0.25, -0.2) is 4.98 Å². The highest BCUT2D eigenvalue weighted by Gasteiger charge is 2.46. The van der Waals surface area contributed by atoms with Gasteiger partial charge in [-0.1, -0.05) is 12.1 Å². The van der Waals surface area contributed by atoms with Gasteiger partial charge in [-0.3, -0.25) is 4.90 Å². The maximum Gasteiger partial charge on any atom is 0.586 e. The highest BCUT2D eigenvalue weighted by atomic mass is 32.1. The molecule has 1 aromatic heterocycles. The largest absolute Gasteiger partial charge is 0.586 e. The fourth-order valence-electron chi connectivity index (χ4n) is 3.16. The number of nitrogen functional groups attached to an aromatic ring is 1. The lowest BCUT2D eigenvalue weighted by Gasteiger charge is -2.27. The number of aromatic nitrogens is 1. The van der Waals surface area contributed by atoms with Crippen LogP contribution in [0, 0.1) is 0 Å². The molecule has 2 N–H and O–H groups in total. The Hall–Kier alpha value is -1.93. The lowest BCUT2D eigenvalue weighted by molar-refractivity contribution is -0.287. The molecule has 4 rings (SSSR count).